The zero-order valence-corrected chi connectivity index (χ0v) is 19.6. The molecule has 3 heterocycles. The number of hydrogen-bond donors (Lipinski definition) is 2. The molecule has 2 N–H and O–H groups in total. The molecule has 1 aliphatic heterocycles. The average molecular weight is 484 g/mol. The van der Waals surface area contributed by atoms with E-state index in [0.717, 1.165) is 13.1 Å². The standard InChI is InChI=1S/C24H26ClN5O4/c1-29-11-13-30(14-12-29)21(32)8-4-7-20(31)28-22-17-5-2-3-6-18(17)34-23(22)24(33)27-19-10-9-16(25)15-26-19/h2-3,5-6,9-10,15H,4,7-8,11-14H2,1H3,(H,28,31)(H,26,27,33). The molecule has 0 atom stereocenters. The Morgan fingerprint density at radius 2 is 1.79 bits per heavy atom. The molecular formula is C24H26ClN5O4. The minimum absolute atomic E-state index is 0.0280. The van der Waals surface area contributed by atoms with E-state index in [-0.39, 0.29) is 29.7 Å². The number of nitrogens with zero attached hydrogens (tertiary/aromatic N) is 3. The number of nitrogens with one attached hydrogen (secondary N) is 2. The second-order valence-corrected chi connectivity index (χ2v) is 8.64. The van der Waals surface area contributed by atoms with Gasteiger partial charge in [0.05, 0.1) is 5.02 Å². The largest absolute Gasteiger partial charge is 0.449 e. The van der Waals surface area contributed by atoms with Crippen LogP contribution in [0.3, 0.4) is 0 Å². The summed E-state index contributed by atoms with van der Waals surface area (Å²) in [6, 6.07) is 10.2. The van der Waals surface area contributed by atoms with Crippen LogP contribution >= 0.6 is 11.6 Å². The summed E-state index contributed by atoms with van der Waals surface area (Å²) in [5, 5.41) is 6.51. The number of para-hydroxylation sites is 1. The van der Waals surface area contributed by atoms with E-state index >= 15 is 0 Å². The predicted molar refractivity (Wildman–Crippen MR) is 130 cm³/mol. The van der Waals surface area contributed by atoms with Crippen LogP contribution in [0, 0.1) is 0 Å². The first-order valence-corrected chi connectivity index (χ1v) is 11.5. The average Bonchev–Trinajstić information content (AvgIpc) is 3.19. The van der Waals surface area contributed by atoms with E-state index in [0.29, 0.717) is 47.7 Å². The molecule has 0 saturated carbocycles. The number of fused-ring (bicyclic) bond motifs is 1. The monoisotopic (exact) mass is 483 g/mol. The van der Waals surface area contributed by atoms with Crippen LogP contribution in [0.5, 0.6) is 0 Å². The van der Waals surface area contributed by atoms with Gasteiger partial charge in [0, 0.05) is 50.6 Å². The summed E-state index contributed by atoms with van der Waals surface area (Å²) in [5.41, 5.74) is 0.759. The van der Waals surface area contributed by atoms with Gasteiger partial charge in [0.2, 0.25) is 17.6 Å². The van der Waals surface area contributed by atoms with Gasteiger partial charge in [0.15, 0.2) is 0 Å². The molecule has 4 rings (SSSR count). The summed E-state index contributed by atoms with van der Waals surface area (Å²) in [6.45, 7) is 3.14. The summed E-state index contributed by atoms with van der Waals surface area (Å²) >= 11 is 5.85. The Balaban J connectivity index is 1.40. The first kappa shape index (κ1) is 23.7. The first-order valence-electron chi connectivity index (χ1n) is 11.1. The van der Waals surface area contributed by atoms with Crippen molar-refractivity contribution in [2.24, 2.45) is 0 Å². The number of hydrogen-bond acceptors (Lipinski definition) is 6. The van der Waals surface area contributed by atoms with Crippen LogP contribution in [0.2, 0.25) is 5.02 Å². The van der Waals surface area contributed by atoms with Crippen molar-refractivity contribution >= 4 is 51.8 Å². The van der Waals surface area contributed by atoms with Crippen LogP contribution in [0.1, 0.15) is 29.8 Å². The quantitative estimate of drug-likeness (QED) is 0.531. The van der Waals surface area contributed by atoms with E-state index in [9.17, 15) is 14.4 Å². The highest BCUT2D eigenvalue weighted by Crippen LogP contribution is 2.31. The highest BCUT2D eigenvalue weighted by molar-refractivity contribution is 6.30. The Labute approximate surface area is 202 Å². The van der Waals surface area contributed by atoms with Crippen molar-refractivity contribution in [2.45, 2.75) is 19.3 Å². The van der Waals surface area contributed by atoms with Gasteiger partial charge in [0.1, 0.15) is 17.1 Å². The molecule has 0 spiro atoms. The molecule has 1 aromatic carbocycles. The number of benzene rings is 1. The molecule has 2 aromatic heterocycles. The Kier molecular flexibility index (Phi) is 7.44. The van der Waals surface area contributed by atoms with Crippen molar-refractivity contribution in [1.29, 1.82) is 0 Å². The number of carbonyl (C=O) groups is 3. The molecule has 1 aliphatic rings. The molecule has 0 unspecified atom stereocenters. The summed E-state index contributed by atoms with van der Waals surface area (Å²) in [7, 11) is 2.03. The molecule has 178 valence electrons. The normalized spacial score (nSPS) is 14.2. The fourth-order valence-electron chi connectivity index (χ4n) is 3.77. The van der Waals surface area contributed by atoms with Gasteiger partial charge in [-0.1, -0.05) is 23.7 Å². The zero-order chi connectivity index (χ0) is 24.1. The molecule has 1 saturated heterocycles. The lowest BCUT2D eigenvalue weighted by molar-refractivity contribution is -0.132. The van der Waals surface area contributed by atoms with Crippen LogP contribution in [-0.4, -0.2) is 65.7 Å². The van der Waals surface area contributed by atoms with Crippen molar-refractivity contribution in [2.75, 3.05) is 43.9 Å². The smallest absolute Gasteiger partial charge is 0.294 e. The lowest BCUT2D eigenvalue weighted by Crippen LogP contribution is -2.47. The number of furan rings is 1. The molecule has 34 heavy (non-hydrogen) atoms. The molecule has 3 aromatic rings. The number of pyridine rings is 1. The number of amides is 3. The van der Waals surface area contributed by atoms with Gasteiger partial charge >= 0.3 is 0 Å². The van der Waals surface area contributed by atoms with Crippen LogP contribution in [0.15, 0.2) is 47.0 Å². The molecule has 0 aliphatic carbocycles. The second-order valence-electron chi connectivity index (χ2n) is 8.20. The van der Waals surface area contributed by atoms with E-state index in [1.165, 1.54) is 6.20 Å². The van der Waals surface area contributed by atoms with E-state index in [2.05, 4.69) is 20.5 Å². The number of carbonyl (C=O) groups excluding carboxylic acids is 3. The topological polar surface area (TPSA) is 108 Å². The number of likely N-dealkylation sites (N-methyl/N-ethyl adjacent to an activating group) is 1. The van der Waals surface area contributed by atoms with Gasteiger partial charge in [-0.3, -0.25) is 14.4 Å². The Hall–Kier alpha value is -3.43. The Morgan fingerprint density at radius 3 is 2.53 bits per heavy atom. The maximum Gasteiger partial charge on any atom is 0.294 e. The molecule has 1 fully saturated rings. The van der Waals surface area contributed by atoms with Gasteiger partial charge in [0.25, 0.3) is 5.91 Å². The van der Waals surface area contributed by atoms with Crippen LogP contribution in [-0.2, 0) is 9.59 Å². The van der Waals surface area contributed by atoms with Crippen molar-refractivity contribution < 1.29 is 18.8 Å². The third-order valence-corrected chi connectivity index (χ3v) is 5.91. The predicted octanol–water partition coefficient (Wildman–Crippen LogP) is 3.62. The molecule has 9 nitrogen and oxygen atoms in total. The second kappa shape index (κ2) is 10.7. The number of halogens is 1. The maximum atomic E-state index is 12.9. The lowest BCUT2D eigenvalue weighted by Gasteiger charge is -2.32. The van der Waals surface area contributed by atoms with Crippen molar-refractivity contribution in [3.05, 3.63) is 53.4 Å². The van der Waals surface area contributed by atoms with Gasteiger partial charge in [-0.05, 0) is 37.7 Å². The number of aromatic nitrogens is 1. The lowest BCUT2D eigenvalue weighted by atomic mass is 10.1. The van der Waals surface area contributed by atoms with Crippen molar-refractivity contribution in [3.8, 4) is 0 Å². The first-order chi connectivity index (χ1) is 16.4. The van der Waals surface area contributed by atoms with Gasteiger partial charge in [-0.15, -0.1) is 0 Å². The number of anilines is 2. The van der Waals surface area contributed by atoms with Gasteiger partial charge in [-0.2, -0.15) is 0 Å². The van der Waals surface area contributed by atoms with Crippen molar-refractivity contribution in [3.63, 3.8) is 0 Å². The van der Waals surface area contributed by atoms with E-state index in [4.69, 9.17) is 16.0 Å². The summed E-state index contributed by atoms with van der Waals surface area (Å²) in [6.07, 6.45) is 2.29. The maximum absolute atomic E-state index is 12.9. The van der Waals surface area contributed by atoms with E-state index in [1.54, 1.807) is 36.4 Å². The molecule has 3 amide bonds. The SMILES string of the molecule is CN1CCN(C(=O)CCCC(=O)Nc2c(C(=O)Nc3ccc(Cl)cn3)oc3ccccc23)CC1. The zero-order valence-electron chi connectivity index (χ0n) is 18.8. The minimum atomic E-state index is -0.549. The minimum Gasteiger partial charge on any atom is -0.449 e. The summed E-state index contributed by atoms with van der Waals surface area (Å²) in [5.74, 6) is -0.512. The Morgan fingerprint density at radius 1 is 1.03 bits per heavy atom. The fourth-order valence-corrected chi connectivity index (χ4v) is 3.88. The molecule has 0 radical (unpaired) electrons. The summed E-state index contributed by atoms with van der Waals surface area (Å²) < 4.78 is 5.74. The van der Waals surface area contributed by atoms with Crippen molar-refractivity contribution in [1.82, 2.24) is 14.8 Å². The molecule has 0 bridgehead atoms. The van der Waals surface area contributed by atoms with E-state index in [1.807, 2.05) is 11.9 Å². The van der Waals surface area contributed by atoms with Crippen LogP contribution in [0.4, 0.5) is 11.5 Å². The Bertz CT molecular complexity index is 1190. The van der Waals surface area contributed by atoms with Crippen LogP contribution in [0.25, 0.3) is 11.0 Å². The number of piperazine rings is 1. The summed E-state index contributed by atoms with van der Waals surface area (Å²) in [4.78, 5) is 46.1. The number of rotatable bonds is 7. The third-order valence-electron chi connectivity index (χ3n) is 5.69. The van der Waals surface area contributed by atoms with Gasteiger partial charge in [-0.25, -0.2) is 4.98 Å². The highest BCUT2D eigenvalue weighted by Gasteiger charge is 2.23. The molecule has 10 heteroatoms. The van der Waals surface area contributed by atoms with Crippen LogP contribution < -0.4 is 10.6 Å². The highest BCUT2D eigenvalue weighted by atomic mass is 35.5. The van der Waals surface area contributed by atoms with Gasteiger partial charge < -0.3 is 24.9 Å². The third kappa shape index (κ3) is 5.73. The fraction of sp³-hybridized carbons (Fsp3) is 0.333. The van der Waals surface area contributed by atoms with E-state index < -0.39 is 5.91 Å². The molecular weight excluding hydrogens is 458 g/mol.